The molecule has 0 bridgehead atoms. The van der Waals surface area contributed by atoms with Crippen molar-refractivity contribution >= 4 is 29.9 Å². The van der Waals surface area contributed by atoms with Crippen LogP contribution in [0.4, 0.5) is 0 Å². The van der Waals surface area contributed by atoms with E-state index < -0.39 is 0 Å². The van der Waals surface area contributed by atoms with Gasteiger partial charge in [0.2, 0.25) is 0 Å². The third-order valence-electron chi connectivity index (χ3n) is 3.43. The summed E-state index contributed by atoms with van der Waals surface area (Å²) in [4.78, 5) is 6.45. The molecule has 6 nitrogen and oxygen atoms in total. The molecule has 0 spiro atoms. The van der Waals surface area contributed by atoms with Crippen LogP contribution in [0.2, 0.25) is 0 Å². The first kappa shape index (κ1) is 17.9. The average Bonchev–Trinajstić information content (AvgIpc) is 2.96. The molecular weight excluding hydrogens is 373 g/mol. The summed E-state index contributed by atoms with van der Waals surface area (Å²) in [5, 5.41) is 0. The van der Waals surface area contributed by atoms with Gasteiger partial charge in [0.15, 0.2) is 5.96 Å². The van der Waals surface area contributed by atoms with E-state index in [0.717, 1.165) is 72.1 Å². The van der Waals surface area contributed by atoms with Crippen LogP contribution in [-0.4, -0.2) is 70.1 Å². The number of rotatable bonds is 6. The summed E-state index contributed by atoms with van der Waals surface area (Å²) in [7, 11) is 0. The van der Waals surface area contributed by atoms with Crippen molar-refractivity contribution in [2.75, 3.05) is 59.3 Å². The van der Waals surface area contributed by atoms with Gasteiger partial charge in [-0.2, -0.15) is 0 Å². The van der Waals surface area contributed by atoms with E-state index in [1.807, 2.05) is 0 Å². The number of halogens is 1. The number of nitrogens with two attached hydrogens (primary N) is 1. The predicted molar refractivity (Wildman–Crippen MR) is 88.7 cm³/mol. The number of hydrogen-bond acceptors (Lipinski definition) is 4. The third kappa shape index (κ3) is 6.55. The van der Waals surface area contributed by atoms with E-state index in [-0.39, 0.29) is 24.0 Å². The number of morpholine rings is 1. The molecule has 2 heterocycles. The van der Waals surface area contributed by atoms with Crippen molar-refractivity contribution in [1.82, 2.24) is 4.90 Å². The molecular formula is C13H26IN3O3. The first-order chi connectivity index (χ1) is 9.36. The highest BCUT2D eigenvalue weighted by Gasteiger charge is 2.15. The van der Waals surface area contributed by atoms with Crippen molar-refractivity contribution in [3.8, 4) is 0 Å². The smallest absolute Gasteiger partial charge is 0.191 e. The molecule has 2 aliphatic heterocycles. The molecule has 0 aliphatic carbocycles. The summed E-state index contributed by atoms with van der Waals surface area (Å²) >= 11 is 0. The first-order valence-corrected chi connectivity index (χ1v) is 7.14. The molecule has 2 aliphatic rings. The molecule has 118 valence electrons. The van der Waals surface area contributed by atoms with Gasteiger partial charge in [0.25, 0.3) is 0 Å². The molecule has 0 aromatic heterocycles. The van der Waals surface area contributed by atoms with Gasteiger partial charge in [-0.1, -0.05) is 0 Å². The summed E-state index contributed by atoms with van der Waals surface area (Å²) in [5.41, 5.74) is 5.93. The fraction of sp³-hybridized carbons (Fsp3) is 0.923. The Balaban J connectivity index is 0.00000200. The minimum Gasteiger partial charge on any atom is -0.381 e. The van der Waals surface area contributed by atoms with Crippen molar-refractivity contribution in [1.29, 1.82) is 0 Å². The van der Waals surface area contributed by atoms with Crippen molar-refractivity contribution in [2.45, 2.75) is 12.8 Å². The van der Waals surface area contributed by atoms with E-state index >= 15 is 0 Å². The minimum atomic E-state index is 0. The highest BCUT2D eigenvalue weighted by atomic mass is 127. The molecule has 0 saturated carbocycles. The minimum absolute atomic E-state index is 0. The van der Waals surface area contributed by atoms with E-state index in [0.29, 0.717) is 11.9 Å². The molecule has 2 N–H and O–H groups in total. The Morgan fingerprint density at radius 1 is 1.25 bits per heavy atom. The summed E-state index contributed by atoms with van der Waals surface area (Å²) < 4.78 is 16.2. The monoisotopic (exact) mass is 399 g/mol. The second kappa shape index (κ2) is 10.6. The van der Waals surface area contributed by atoms with Crippen LogP contribution >= 0.6 is 24.0 Å². The molecule has 1 atom stereocenters. The number of guanidine groups is 1. The highest BCUT2D eigenvalue weighted by Crippen LogP contribution is 2.12. The predicted octanol–water partition coefficient (Wildman–Crippen LogP) is 0.695. The van der Waals surface area contributed by atoms with Crippen LogP contribution in [0, 0.1) is 5.92 Å². The van der Waals surface area contributed by atoms with Crippen LogP contribution in [0.5, 0.6) is 0 Å². The molecule has 1 unspecified atom stereocenters. The Morgan fingerprint density at radius 2 is 2.05 bits per heavy atom. The van der Waals surface area contributed by atoms with Crippen LogP contribution in [0.3, 0.4) is 0 Å². The normalized spacial score (nSPS) is 23.7. The zero-order valence-electron chi connectivity index (χ0n) is 12.0. The topological polar surface area (TPSA) is 69.3 Å². The van der Waals surface area contributed by atoms with Gasteiger partial charge in [0, 0.05) is 38.8 Å². The molecule has 2 saturated heterocycles. The van der Waals surface area contributed by atoms with Gasteiger partial charge in [0.1, 0.15) is 0 Å². The Kier molecular flexibility index (Phi) is 9.49. The Bertz CT molecular complexity index is 280. The van der Waals surface area contributed by atoms with Crippen LogP contribution < -0.4 is 5.73 Å². The zero-order valence-corrected chi connectivity index (χ0v) is 14.3. The lowest BCUT2D eigenvalue weighted by Gasteiger charge is -2.27. The largest absolute Gasteiger partial charge is 0.381 e. The molecule has 2 rings (SSSR count). The van der Waals surface area contributed by atoms with Crippen LogP contribution in [0.25, 0.3) is 0 Å². The molecule has 0 aromatic rings. The fourth-order valence-electron chi connectivity index (χ4n) is 2.22. The quantitative estimate of drug-likeness (QED) is 0.308. The van der Waals surface area contributed by atoms with Crippen LogP contribution in [0.1, 0.15) is 12.8 Å². The summed E-state index contributed by atoms with van der Waals surface area (Å²) in [6.07, 6.45) is 2.04. The maximum absolute atomic E-state index is 5.93. The van der Waals surface area contributed by atoms with Gasteiger partial charge in [0.05, 0.1) is 26.4 Å². The van der Waals surface area contributed by atoms with E-state index in [1.54, 1.807) is 0 Å². The van der Waals surface area contributed by atoms with Gasteiger partial charge < -0.3 is 24.8 Å². The molecule has 7 heteroatoms. The maximum Gasteiger partial charge on any atom is 0.191 e. The van der Waals surface area contributed by atoms with Crippen LogP contribution in [-0.2, 0) is 14.2 Å². The highest BCUT2D eigenvalue weighted by molar-refractivity contribution is 14.0. The maximum atomic E-state index is 5.93. The van der Waals surface area contributed by atoms with E-state index in [9.17, 15) is 0 Å². The lowest BCUT2D eigenvalue weighted by Crippen LogP contribution is -2.44. The van der Waals surface area contributed by atoms with E-state index in [4.69, 9.17) is 19.9 Å². The zero-order chi connectivity index (χ0) is 13.3. The first-order valence-electron chi connectivity index (χ1n) is 7.14. The number of aliphatic imine (C=N–C) groups is 1. The lowest BCUT2D eigenvalue weighted by atomic mass is 10.1. The van der Waals surface area contributed by atoms with Crippen molar-refractivity contribution in [2.24, 2.45) is 16.6 Å². The second-order valence-corrected chi connectivity index (χ2v) is 5.00. The third-order valence-corrected chi connectivity index (χ3v) is 3.43. The molecule has 0 amide bonds. The molecule has 0 radical (unpaired) electrons. The summed E-state index contributed by atoms with van der Waals surface area (Å²) in [6, 6.07) is 0. The van der Waals surface area contributed by atoms with Gasteiger partial charge in [-0.3, -0.25) is 4.99 Å². The lowest BCUT2D eigenvalue weighted by molar-refractivity contribution is 0.0673. The van der Waals surface area contributed by atoms with Crippen molar-refractivity contribution in [3.05, 3.63) is 0 Å². The molecule has 0 aromatic carbocycles. The standard InChI is InChI=1S/C13H25N3O3.HI/c14-13(16-4-8-17-9-5-16)15-3-1-6-18-10-12-2-7-19-11-12;/h12H,1-11H2,(H2,14,15);1H. The van der Waals surface area contributed by atoms with Crippen LogP contribution in [0.15, 0.2) is 4.99 Å². The Morgan fingerprint density at radius 3 is 2.75 bits per heavy atom. The summed E-state index contributed by atoms with van der Waals surface area (Å²) in [5.74, 6) is 1.22. The SMILES string of the molecule is I.NC(=NCCCOCC1CCOC1)N1CCOCC1. The van der Waals surface area contributed by atoms with E-state index in [1.165, 1.54) is 0 Å². The van der Waals surface area contributed by atoms with Gasteiger partial charge in [-0.05, 0) is 12.8 Å². The molecule has 2 fully saturated rings. The number of ether oxygens (including phenoxy) is 3. The second-order valence-electron chi connectivity index (χ2n) is 5.00. The Labute approximate surface area is 138 Å². The number of hydrogen-bond donors (Lipinski definition) is 1. The Hall–Kier alpha value is -0.120. The average molecular weight is 399 g/mol. The van der Waals surface area contributed by atoms with Gasteiger partial charge >= 0.3 is 0 Å². The van der Waals surface area contributed by atoms with Crippen molar-refractivity contribution < 1.29 is 14.2 Å². The fourth-order valence-corrected chi connectivity index (χ4v) is 2.22. The van der Waals surface area contributed by atoms with E-state index in [2.05, 4.69) is 9.89 Å². The van der Waals surface area contributed by atoms with Gasteiger partial charge in [-0.15, -0.1) is 24.0 Å². The number of nitrogens with zero attached hydrogens (tertiary/aromatic N) is 2. The summed E-state index contributed by atoms with van der Waals surface area (Å²) in [6.45, 7) is 7.17. The van der Waals surface area contributed by atoms with Gasteiger partial charge in [-0.25, -0.2) is 0 Å². The van der Waals surface area contributed by atoms with Crippen molar-refractivity contribution in [3.63, 3.8) is 0 Å². The molecule has 20 heavy (non-hydrogen) atoms.